The van der Waals surface area contributed by atoms with E-state index in [4.69, 9.17) is 15.6 Å². The zero-order valence-corrected chi connectivity index (χ0v) is 7.12. The molecular formula is C6H14ClNO3. The largest absolute Gasteiger partial charge is 0.389 e. The maximum Gasteiger partial charge on any atom is 0.156 e. The molecule has 4 atom stereocenters. The summed E-state index contributed by atoms with van der Waals surface area (Å²) in [5.41, 5.74) is 5.47. The summed E-state index contributed by atoms with van der Waals surface area (Å²) in [6, 6.07) is -0.362. The lowest BCUT2D eigenvalue weighted by Gasteiger charge is -2.33. The Morgan fingerprint density at radius 2 is 2.00 bits per heavy atom. The van der Waals surface area contributed by atoms with Crippen molar-refractivity contribution in [1.82, 2.24) is 0 Å². The van der Waals surface area contributed by atoms with Gasteiger partial charge < -0.3 is 20.7 Å². The van der Waals surface area contributed by atoms with Gasteiger partial charge in [0, 0.05) is 12.5 Å². The Bertz CT molecular complexity index is 112. The normalized spacial score (nSPS) is 44.7. The van der Waals surface area contributed by atoms with Crippen molar-refractivity contribution >= 4 is 12.4 Å². The Hall–Kier alpha value is 0.130. The zero-order valence-electron chi connectivity index (χ0n) is 6.30. The molecule has 1 saturated heterocycles. The Morgan fingerprint density at radius 1 is 1.45 bits per heavy atom. The summed E-state index contributed by atoms with van der Waals surface area (Å²) in [5.74, 6) is 0. The van der Waals surface area contributed by atoms with Gasteiger partial charge in [-0.15, -0.1) is 12.4 Å². The Labute approximate surface area is 71.8 Å². The second kappa shape index (κ2) is 4.23. The van der Waals surface area contributed by atoms with Gasteiger partial charge in [-0.2, -0.15) is 0 Å². The molecular weight excluding hydrogens is 170 g/mol. The van der Waals surface area contributed by atoms with E-state index in [0.29, 0.717) is 6.42 Å². The van der Waals surface area contributed by atoms with Crippen LogP contribution in [0.15, 0.2) is 0 Å². The maximum absolute atomic E-state index is 9.20. The number of rotatable bonds is 0. The molecule has 1 aliphatic heterocycles. The summed E-state index contributed by atoms with van der Waals surface area (Å²) >= 11 is 0. The van der Waals surface area contributed by atoms with Crippen molar-refractivity contribution in [2.24, 2.45) is 5.73 Å². The molecule has 0 aromatic carbocycles. The molecule has 0 radical (unpaired) electrons. The first-order valence-electron chi connectivity index (χ1n) is 3.38. The van der Waals surface area contributed by atoms with Crippen LogP contribution in [0.2, 0.25) is 0 Å². The van der Waals surface area contributed by atoms with Crippen LogP contribution in [0.5, 0.6) is 0 Å². The van der Waals surface area contributed by atoms with Gasteiger partial charge in [-0.25, -0.2) is 0 Å². The van der Waals surface area contributed by atoms with Crippen molar-refractivity contribution in [3.63, 3.8) is 0 Å². The van der Waals surface area contributed by atoms with Crippen LogP contribution in [0.4, 0.5) is 0 Å². The molecule has 1 fully saturated rings. The van der Waals surface area contributed by atoms with E-state index in [9.17, 15) is 5.11 Å². The first kappa shape index (κ1) is 11.1. The van der Waals surface area contributed by atoms with Crippen LogP contribution in [0, 0.1) is 0 Å². The van der Waals surface area contributed by atoms with Crippen LogP contribution in [0.1, 0.15) is 13.3 Å². The summed E-state index contributed by atoms with van der Waals surface area (Å²) in [7, 11) is 0. The highest BCUT2D eigenvalue weighted by Crippen LogP contribution is 2.16. The second-order valence-corrected chi connectivity index (χ2v) is 2.69. The standard InChI is InChI=1S/C6H13NO3.ClH/c1-3-6(9)4(7)2-5(8)10-3;/h3-6,8-9H,2,7H2,1H3;1H/t3?,4?,5-,6+;/m0./s1. The summed E-state index contributed by atoms with van der Waals surface area (Å²) in [4.78, 5) is 0. The monoisotopic (exact) mass is 183 g/mol. The Kier molecular flexibility index (Phi) is 4.28. The second-order valence-electron chi connectivity index (χ2n) is 2.69. The van der Waals surface area contributed by atoms with Crippen LogP contribution in [0.25, 0.3) is 0 Å². The summed E-state index contributed by atoms with van der Waals surface area (Å²) in [5, 5.41) is 18.2. The average molecular weight is 184 g/mol. The number of aliphatic hydroxyl groups excluding tert-OH is 2. The minimum Gasteiger partial charge on any atom is -0.389 e. The topological polar surface area (TPSA) is 75.7 Å². The van der Waals surface area contributed by atoms with Gasteiger partial charge in [-0.3, -0.25) is 0 Å². The molecule has 1 aliphatic rings. The predicted molar refractivity (Wildman–Crippen MR) is 42.4 cm³/mol. The van der Waals surface area contributed by atoms with Gasteiger partial charge in [0.05, 0.1) is 12.2 Å². The van der Waals surface area contributed by atoms with Crippen molar-refractivity contribution in [2.75, 3.05) is 0 Å². The molecule has 4 nitrogen and oxygen atoms in total. The molecule has 0 saturated carbocycles. The van der Waals surface area contributed by atoms with Crippen molar-refractivity contribution in [3.8, 4) is 0 Å². The van der Waals surface area contributed by atoms with Gasteiger partial charge in [0.1, 0.15) is 0 Å². The summed E-state index contributed by atoms with van der Waals surface area (Å²) < 4.78 is 4.89. The maximum atomic E-state index is 9.20. The highest BCUT2D eigenvalue weighted by atomic mass is 35.5. The lowest BCUT2D eigenvalue weighted by molar-refractivity contribution is -0.198. The number of halogens is 1. The molecule has 0 aliphatic carbocycles. The fraction of sp³-hybridized carbons (Fsp3) is 1.00. The third-order valence-corrected chi connectivity index (χ3v) is 1.77. The van der Waals surface area contributed by atoms with E-state index in [1.807, 2.05) is 0 Å². The van der Waals surface area contributed by atoms with Gasteiger partial charge in [-0.05, 0) is 6.92 Å². The molecule has 5 heteroatoms. The van der Waals surface area contributed by atoms with Gasteiger partial charge in [0.15, 0.2) is 6.29 Å². The minimum atomic E-state index is -0.812. The van der Waals surface area contributed by atoms with Crippen molar-refractivity contribution in [1.29, 1.82) is 0 Å². The van der Waals surface area contributed by atoms with E-state index in [2.05, 4.69) is 0 Å². The number of aliphatic hydroxyl groups is 2. The van der Waals surface area contributed by atoms with E-state index in [-0.39, 0.29) is 24.6 Å². The smallest absolute Gasteiger partial charge is 0.156 e. The van der Waals surface area contributed by atoms with E-state index in [0.717, 1.165) is 0 Å². The highest BCUT2D eigenvalue weighted by Gasteiger charge is 2.31. The average Bonchev–Trinajstić information content (AvgIpc) is 1.82. The zero-order chi connectivity index (χ0) is 7.72. The first-order valence-corrected chi connectivity index (χ1v) is 3.38. The fourth-order valence-electron chi connectivity index (χ4n) is 1.10. The molecule has 0 amide bonds. The fourth-order valence-corrected chi connectivity index (χ4v) is 1.10. The van der Waals surface area contributed by atoms with E-state index in [1.165, 1.54) is 0 Å². The molecule has 0 bridgehead atoms. The van der Waals surface area contributed by atoms with Crippen molar-refractivity contribution in [3.05, 3.63) is 0 Å². The number of ether oxygens (including phenoxy) is 1. The van der Waals surface area contributed by atoms with Crippen LogP contribution < -0.4 is 5.73 Å². The van der Waals surface area contributed by atoms with Crippen molar-refractivity contribution < 1.29 is 14.9 Å². The summed E-state index contributed by atoms with van der Waals surface area (Å²) in [6.45, 7) is 1.69. The molecule has 4 N–H and O–H groups in total. The lowest BCUT2D eigenvalue weighted by Crippen LogP contribution is -2.51. The van der Waals surface area contributed by atoms with E-state index in [1.54, 1.807) is 6.92 Å². The van der Waals surface area contributed by atoms with E-state index < -0.39 is 12.4 Å². The predicted octanol–water partition coefficient (Wildman–Crippen LogP) is -0.776. The molecule has 68 valence electrons. The molecule has 0 aromatic rings. The number of hydrogen-bond donors (Lipinski definition) is 3. The first-order chi connectivity index (χ1) is 4.61. The minimum absolute atomic E-state index is 0. The number of nitrogens with two attached hydrogens (primary N) is 1. The van der Waals surface area contributed by atoms with Crippen LogP contribution in [0.3, 0.4) is 0 Å². The molecule has 1 rings (SSSR count). The number of hydrogen-bond acceptors (Lipinski definition) is 4. The highest BCUT2D eigenvalue weighted by molar-refractivity contribution is 5.85. The van der Waals surface area contributed by atoms with E-state index >= 15 is 0 Å². The molecule has 11 heavy (non-hydrogen) atoms. The Morgan fingerprint density at radius 3 is 2.45 bits per heavy atom. The molecule has 0 aromatic heterocycles. The van der Waals surface area contributed by atoms with Gasteiger partial charge in [0.2, 0.25) is 0 Å². The van der Waals surface area contributed by atoms with Gasteiger partial charge >= 0.3 is 0 Å². The third kappa shape index (κ3) is 2.57. The Balaban J connectivity index is 0.000001000. The molecule has 0 spiro atoms. The van der Waals surface area contributed by atoms with Gasteiger partial charge in [-0.1, -0.05) is 0 Å². The van der Waals surface area contributed by atoms with Crippen LogP contribution >= 0.6 is 12.4 Å². The van der Waals surface area contributed by atoms with Crippen LogP contribution in [-0.2, 0) is 4.74 Å². The third-order valence-electron chi connectivity index (χ3n) is 1.77. The van der Waals surface area contributed by atoms with Gasteiger partial charge in [0.25, 0.3) is 0 Å². The SMILES string of the molecule is CC1O[C@H](O)CC(N)[C@@H]1O.Cl. The quantitative estimate of drug-likeness (QED) is 0.461. The molecule has 2 unspecified atom stereocenters. The lowest BCUT2D eigenvalue weighted by atomic mass is 10.0. The van der Waals surface area contributed by atoms with Crippen molar-refractivity contribution in [2.45, 2.75) is 37.9 Å². The van der Waals surface area contributed by atoms with Crippen LogP contribution in [-0.4, -0.2) is 34.8 Å². The molecule has 1 heterocycles. The summed E-state index contributed by atoms with van der Waals surface area (Å²) in [6.07, 6.45) is -1.51.